The Labute approximate surface area is 361 Å². The number of rotatable bonds is 4. The number of fused-ring (bicyclic) bond motifs is 6. The molecule has 7 aromatic carbocycles. The summed E-state index contributed by atoms with van der Waals surface area (Å²) in [5, 5.41) is 0. The summed E-state index contributed by atoms with van der Waals surface area (Å²) in [4.78, 5) is 0. The molecule has 0 saturated heterocycles. The van der Waals surface area contributed by atoms with Crippen molar-refractivity contribution in [1.29, 1.82) is 0 Å². The first-order chi connectivity index (χ1) is 28.2. The van der Waals surface area contributed by atoms with Gasteiger partial charge in [0, 0.05) is 10.8 Å². The molecule has 0 aromatic heterocycles. The smallest absolute Gasteiger partial charge is 0.0159 e. The normalized spacial score (nSPS) is 14.4. The summed E-state index contributed by atoms with van der Waals surface area (Å²) in [7, 11) is 0. The SMILES string of the molecule is Cc1cc2c(cc1Cc1cc3c(cc1C)-c1ccc(-c4ccc(C(C)(C)C)cc4)cc1C3(C)C)C(C)(C)c1cc(-c3ccc(C(C)(C)C)cc3)ccc1-2.Cc1ccccc1. The Morgan fingerprint density at radius 3 is 1.05 bits per heavy atom. The molecule has 0 fully saturated rings. The van der Waals surface area contributed by atoms with Crippen LogP contribution < -0.4 is 0 Å². The Bertz CT molecular complexity index is 2550. The van der Waals surface area contributed by atoms with Crippen LogP contribution in [0.3, 0.4) is 0 Å². The Kier molecular flexibility index (Phi) is 10.3. The summed E-state index contributed by atoms with van der Waals surface area (Å²) < 4.78 is 0. The molecule has 0 radical (unpaired) electrons. The van der Waals surface area contributed by atoms with Crippen LogP contribution in [0.25, 0.3) is 44.5 Å². The third-order valence-electron chi connectivity index (χ3n) is 13.8. The molecule has 0 heterocycles. The fourth-order valence-electron chi connectivity index (χ4n) is 9.67. The monoisotopic (exact) mass is 785 g/mol. The van der Waals surface area contributed by atoms with E-state index in [0.29, 0.717) is 0 Å². The number of benzene rings is 7. The predicted octanol–water partition coefficient (Wildman–Crippen LogP) is 16.4. The molecular weight excluding hydrogens is 721 g/mol. The summed E-state index contributed by atoms with van der Waals surface area (Å²) in [5.41, 5.74) is 26.3. The van der Waals surface area contributed by atoms with E-state index in [1.807, 2.05) is 18.2 Å². The van der Waals surface area contributed by atoms with E-state index in [-0.39, 0.29) is 21.7 Å². The lowest BCUT2D eigenvalue weighted by atomic mass is 9.79. The van der Waals surface area contributed by atoms with Crippen LogP contribution in [0.4, 0.5) is 0 Å². The second-order valence-corrected chi connectivity index (χ2v) is 20.9. The van der Waals surface area contributed by atoms with E-state index >= 15 is 0 Å². The molecule has 60 heavy (non-hydrogen) atoms. The van der Waals surface area contributed by atoms with Crippen molar-refractivity contribution in [3.8, 4) is 44.5 Å². The van der Waals surface area contributed by atoms with Gasteiger partial charge in [0.25, 0.3) is 0 Å². The topological polar surface area (TPSA) is 0 Å². The van der Waals surface area contributed by atoms with Crippen molar-refractivity contribution >= 4 is 0 Å². The standard InChI is InChI=1S/C53H56.C7H8/c1-32-25-44-42-23-17-36(34-13-19-40(20-14-34)50(3,4)5)28-46(42)52(9,10)48(44)30-38(32)27-39-31-49-45(26-33(39)2)43-24-18-37(29-47(43)53(49,11)12)35-15-21-41(22-16-35)51(6,7)8;1-7-5-3-2-4-6-7/h13-26,28-31H,27H2,1-12H3;2-6H,1H3. The lowest BCUT2D eigenvalue weighted by Crippen LogP contribution is -2.16. The Balaban J connectivity index is 0.000000648. The maximum atomic E-state index is 2.53. The Morgan fingerprint density at radius 2 is 0.717 bits per heavy atom. The van der Waals surface area contributed by atoms with Gasteiger partial charge in [-0.15, -0.1) is 0 Å². The molecular formula is C60H64. The fraction of sp³-hybridized carbons (Fsp3) is 0.300. The molecule has 0 heteroatoms. The highest BCUT2D eigenvalue weighted by molar-refractivity contribution is 5.86. The third kappa shape index (κ3) is 7.49. The molecule has 7 aromatic rings. The van der Waals surface area contributed by atoms with Crippen molar-refractivity contribution < 1.29 is 0 Å². The Morgan fingerprint density at radius 1 is 0.367 bits per heavy atom. The first-order valence-electron chi connectivity index (χ1n) is 22.0. The quantitative estimate of drug-likeness (QED) is 0.167. The second kappa shape index (κ2) is 14.9. The molecule has 2 aliphatic carbocycles. The van der Waals surface area contributed by atoms with Crippen LogP contribution in [0.2, 0.25) is 0 Å². The molecule has 0 saturated carbocycles. The summed E-state index contributed by atoms with van der Waals surface area (Å²) in [6.07, 6.45) is 0.938. The van der Waals surface area contributed by atoms with Crippen molar-refractivity contribution in [3.63, 3.8) is 0 Å². The van der Waals surface area contributed by atoms with Crippen LogP contribution in [-0.2, 0) is 28.1 Å². The molecule has 304 valence electrons. The lowest BCUT2D eigenvalue weighted by molar-refractivity contribution is 0.590. The highest BCUT2D eigenvalue weighted by atomic mass is 14.4. The number of hydrogen-bond donors (Lipinski definition) is 0. The summed E-state index contributed by atoms with van der Waals surface area (Å²) in [6.45, 7) is 30.0. The largest absolute Gasteiger partial charge is 0.0622 e. The molecule has 0 amide bonds. The molecule has 0 unspecified atom stereocenters. The highest BCUT2D eigenvalue weighted by Crippen LogP contribution is 2.52. The van der Waals surface area contributed by atoms with Crippen LogP contribution in [0.1, 0.15) is 130 Å². The molecule has 0 N–H and O–H groups in total. The number of aryl methyl sites for hydroxylation is 3. The van der Waals surface area contributed by atoms with Gasteiger partial charge in [-0.2, -0.15) is 0 Å². The van der Waals surface area contributed by atoms with E-state index in [2.05, 4.69) is 211 Å². The molecule has 0 nitrogen and oxygen atoms in total. The van der Waals surface area contributed by atoms with E-state index in [4.69, 9.17) is 0 Å². The molecule has 9 rings (SSSR count). The van der Waals surface area contributed by atoms with Gasteiger partial charge in [0.05, 0.1) is 0 Å². The van der Waals surface area contributed by atoms with E-state index in [1.54, 1.807) is 0 Å². The molecule has 2 aliphatic rings. The van der Waals surface area contributed by atoms with Gasteiger partial charge in [-0.05, 0) is 150 Å². The van der Waals surface area contributed by atoms with Gasteiger partial charge < -0.3 is 0 Å². The van der Waals surface area contributed by atoms with Crippen LogP contribution in [0.5, 0.6) is 0 Å². The summed E-state index contributed by atoms with van der Waals surface area (Å²) >= 11 is 0. The molecule has 0 aliphatic heterocycles. The molecule has 0 spiro atoms. The van der Waals surface area contributed by atoms with Gasteiger partial charge in [-0.3, -0.25) is 0 Å². The zero-order chi connectivity index (χ0) is 42.9. The van der Waals surface area contributed by atoms with Crippen LogP contribution in [-0.4, -0.2) is 0 Å². The second-order valence-electron chi connectivity index (χ2n) is 20.9. The summed E-state index contributed by atoms with van der Waals surface area (Å²) in [6, 6.07) is 52.9. The predicted molar refractivity (Wildman–Crippen MR) is 260 cm³/mol. The average Bonchev–Trinajstić information content (AvgIpc) is 3.55. The van der Waals surface area contributed by atoms with Gasteiger partial charge >= 0.3 is 0 Å². The fourth-order valence-corrected chi connectivity index (χ4v) is 9.67. The van der Waals surface area contributed by atoms with Crippen molar-refractivity contribution in [3.05, 3.63) is 201 Å². The maximum Gasteiger partial charge on any atom is 0.0159 e. The summed E-state index contributed by atoms with van der Waals surface area (Å²) in [5.74, 6) is 0. The van der Waals surface area contributed by atoms with Crippen molar-refractivity contribution in [2.75, 3.05) is 0 Å². The minimum Gasteiger partial charge on any atom is -0.0622 e. The minimum absolute atomic E-state index is 0.0735. The molecule has 0 bridgehead atoms. The third-order valence-corrected chi connectivity index (χ3v) is 13.8. The van der Waals surface area contributed by atoms with Crippen molar-refractivity contribution in [2.45, 2.75) is 118 Å². The Hall–Kier alpha value is -5.46. The zero-order valence-corrected chi connectivity index (χ0v) is 38.5. The first kappa shape index (κ1) is 41.3. The van der Waals surface area contributed by atoms with Gasteiger partial charge in [0.1, 0.15) is 0 Å². The van der Waals surface area contributed by atoms with E-state index in [0.717, 1.165) is 6.42 Å². The van der Waals surface area contributed by atoms with Crippen molar-refractivity contribution in [2.24, 2.45) is 0 Å². The van der Waals surface area contributed by atoms with Gasteiger partial charge in [0.2, 0.25) is 0 Å². The van der Waals surface area contributed by atoms with Crippen LogP contribution in [0, 0.1) is 20.8 Å². The van der Waals surface area contributed by atoms with Crippen LogP contribution >= 0.6 is 0 Å². The van der Waals surface area contributed by atoms with E-state index in [1.165, 1.54) is 106 Å². The average molecular weight is 785 g/mol. The van der Waals surface area contributed by atoms with E-state index in [9.17, 15) is 0 Å². The van der Waals surface area contributed by atoms with Gasteiger partial charge in [-0.25, -0.2) is 0 Å². The highest BCUT2D eigenvalue weighted by Gasteiger charge is 2.38. The number of hydrogen-bond acceptors (Lipinski definition) is 0. The van der Waals surface area contributed by atoms with Gasteiger partial charge in [-0.1, -0.05) is 202 Å². The van der Waals surface area contributed by atoms with E-state index < -0.39 is 0 Å². The van der Waals surface area contributed by atoms with Gasteiger partial charge in [0.15, 0.2) is 0 Å². The first-order valence-corrected chi connectivity index (χ1v) is 22.0. The van der Waals surface area contributed by atoms with Crippen LogP contribution in [0.15, 0.2) is 140 Å². The minimum atomic E-state index is -0.0735. The zero-order valence-electron chi connectivity index (χ0n) is 38.5. The molecule has 0 atom stereocenters. The maximum absolute atomic E-state index is 2.53. The van der Waals surface area contributed by atoms with Crippen molar-refractivity contribution in [1.82, 2.24) is 0 Å². The lowest BCUT2D eigenvalue weighted by Gasteiger charge is -2.24.